The van der Waals surface area contributed by atoms with Gasteiger partial charge in [0.1, 0.15) is 6.29 Å². The molecule has 70 valence electrons. The lowest BCUT2D eigenvalue weighted by molar-refractivity contribution is -0.104. The second kappa shape index (κ2) is 5.45. The number of nitrogens with zero attached hydrogens (tertiary/aromatic N) is 1. The number of halogens is 1. The first kappa shape index (κ1) is 10.8. The van der Waals surface area contributed by atoms with Gasteiger partial charge in [-0.15, -0.1) is 0 Å². The fraction of sp³-hybridized carbons (Fsp3) is 0. The number of thiocarbonyl (C=S) groups is 1. The van der Waals surface area contributed by atoms with Crippen molar-refractivity contribution in [2.45, 2.75) is 0 Å². The van der Waals surface area contributed by atoms with Crippen LogP contribution in [0.1, 0.15) is 5.56 Å². The van der Waals surface area contributed by atoms with Gasteiger partial charge in [0.15, 0.2) is 0 Å². The van der Waals surface area contributed by atoms with Crippen molar-refractivity contribution in [1.29, 1.82) is 0 Å². The molecule has 0 radical (unpaired) electrons. The van der Waals surface area contributed by atoms with Gasteiger partial charge in [0.25, 0.3) is 0 Å². The number of hydrogen-bond acceptors (Lipinski definition) is 3. The van der Waals surface area contributed by atoms with E-state index in [1.54, 1.807) is 24.3 Å². The minimum atomic E-state index is 0.482. The van der Waals surface area contributed by atoms with Gasteiger partial charge < -0.3 is 0 Å². The maximum atomic E-state index is 10.1. The summed E-state index contributed by atoms with van der Waals surface area (Å²) < 4.78 is 0. The Bertz CT molecular complexity index is 422. The van der Waals surface area contributed by atoms with Crippen LogP contribution in [0, 0.1) is 0 Å². The highest BCUT2D eigenvalue weighted by molar-refractivity contribution is 7.78. The van der Waals surface area contributed by atoms with Gasteiger partial charge in [-0.25, -0.2) is 0 Å². The van der Waals surface area contributed by atoms with Gasteiger partial charge in [-0.3, -0.25) is 4.79 Å². The van der Waals surface area contributed by atoms with Crippen molar-refractivity contribution >= 4 is 47.0 Å². The number of hydrogen-bond donors (Lipinski definition) is 0. The van der Waals surface area contributed by atoms with E-state index < -0.39 is 0 Å². The van der Waals surface area contributed by atoms with Gasteiger partial charge in [0.2, 0.25) is 0 Å². The van der Waals surface area contributed by atoms with Crippen LogP contribution in [-0.2, 0) is 4.79 Å². The lowest BCUT2D eigenvalue weighted by Crippen LogP contribution is -1.73. The fourth-order valence-corrected chi connectivity index (χ4v) is 1.25. The molecule has 0 aromatic heterocycles. The summed E-state index contributed by atoms with van der Waals surface area (Å²) in [5.74, 6) is 0. The molecule has 0 heterocycles. The molecule has 0 spiro atoms. The van der Waals surface area contributed by atoms with Gasteiger partial charge in [-0.2, -0.15) is 4.99 Å². The van der Waals surface area contributed by atoms with E-state index >= 15 is 0 Å². The molecule has 1 aromatic rings. The Kier molecular flexibility index (Phi) is 4.20. The molecule has 14 heavy (non-hydrogen) atoms. The molecule has 0 bridgehead atoms. The van der Waals surface area contributed by atoms with Crippen LogP contribution < -0.4 is 0 Å². The van der Waals surface area contributed by atoms with Crippen molar-refractivity contribution in [2.24, 2.45) is 4.99 Å². The average Bonchev–Trinajstić information content (AvgIpc) is 2.19. The van der Waals surface area contributed by atoms with Gasteiger partial charge in [0.05, 0.1) is 15.9 Å². The molecule has 0 aliphatic heterocycles. The molecule has 0 unspecified atom stereocenters. The molecule has 0 saturated heterocycles. The van der Waals surface area contributed by atoms with Crippen LogP contribution >= 0.6 is 23.8 Å². The molecule has 2 nitrogen and oxygen atoms in total. The Morgan fingerprint density at radius 1 is 1.50 bits per heavy atom. The van der Waals surface area contributed by atoms with E-state index in [-0.39, 0.29) is 0 Å². The van der Waals surface area contributed by atoms with Crippen LogP contribution in [0.15, 0.2) is 29.3 Å². The first-order valence-electron chi connectivity index (χ1n) is 3.77. The monoisotopic (exact) mass is 223 g/mol. The van der Waals surface area contributed by atoms with Crippen LogP contribution in [0.3, 0.4) is 0 Å². The molecule has 0 fully saturated rings. The highest BCUT2D eigenvalue weighted by Gasteiger charge is 1.97. The Balaban J connectivity index is 3.05. The first-order chi connectivity index (χ1) is 6.77. The molecule has 0 amide bonds. The van der Waals surface area contributed by atoms with E-state index in [1.807, 2.05) is 0 Å². The zero-order valence-electron chi connectivity index (χ0n) is 7.11. The van der Waals surface area contributed by atoms with Crippen LogP contribution in [0.25, 0.3) is 6.08 Å². The number of allylic oxidation sites excluding steroid dienone is 1. The van der Waals surface area contributed by atoms with Gasteiger partial charge in [-0.05, 0) is 36.0 Å². The van der Waals surface area contributed by atoms with E-state index in [0.717, 1.165) is 5.56 Å². The summed E-state index contributed by atoms with van der Waals surface area (Å²) in [6, 6.07) is 5.20. The van der Waals surface area contributed by atoms with E-state index in [4.69, 9.17) is 11.6 Å². The summed E-state index contributed by atoms with van der Waals surface area (Å²) in [5.41, 5.74) is 1.41. The lowest BCUT2D eigenvalue weighted by atomic mass is 10.2. The normalized spacial score (nSPS) is 9.79. The van der Waals surface area contributed by atoms with Crippen LogP contribution in [-0.4, -0.2) is 11.4 Å². The summed E-state index contributed by atoms with van der Waals surface area (Å²) in [6.45, 7) is 0. The number of rotatable bonds is 3. The van der Waals surface area contributed by atoms with E-state index in [1.165, 1.54) is 6.08 Å². The van der Waals surface area contributed by atoms with Crippen molar-refractivity contribution in [1.82, 2.24) is 0 Å². The average molecular weight is 224 g/mol. The molecule has 0 atom stereocenters. The third kappa shape index (κ3) is 2.89. The summed E-state index contributed by atoms with van der Waals surface area (Å²) in [6.07, 6.45) is 3.76. The molecule has 1 rings (SSSR count). The maximum Gasteiger partial charge on any atom is 0.142 e. The Hall–Kier alpha value is -1.28. The Morgan fingerprint density at radius 2 is 2.29 bits per heavy atom. The summed E-state index contributed by atoms with van der Waals surface area (Å²) in [5, 5.41) is 2.72. The number of aliphatic imine (C=N–C) groups is 1. The largest absolute Gasteiger partial charge is 0.299 e. The molecule has 0 aliphatic rings. The van der Waals surface area contributed by atoms with Crippen molar-refractivity contribution in [3.8, 4) is 0 Å². The SMILES string of the molecule is O=CC=Cc1ccc(N=C=S)c(Cl)c1. The summed E-state index contributed by atoms with van der Waals surface area (Å²) in [4.78, 5) is 13.8. The van der Waals surface area contributed by atoms with Crippen LogP contribution in [0.5, 0.6) is 0 Å². The third-order valence-electron chi connectivity index (χ3n) is 1.51. The summed E-state index contributed by atoms with van der Waals surface area (Å²) >= 11 is 10.3. The molecular weight excluding hydrogens is 218 g/mol. The number of carbonyl (C=O) groups excluding carboxylic acids is 1. The molecular formula is C10H6ClNOS. The Labute approximate surface area is 91.9 Å². The number of isothiocyanates is 1. The zero-order valence-corrected chi connectivity index (χ0v) is 8.68. The van der Waals surface area contributed by atoms with Crippen LogP contribution in [0.4, 0.5) is 5.69 Å². The molecule has 0 saturated carbocycles. The number of benzene rings is 1. The van der Waals surface area contributed by atoms with Crippen molar-refractivity contribution < 1.29 is 4.79 Å². The minimum absolute atomic E-state index is 0.482. The Morgan fingerprint density at radius 3 is 2.86 bits per heavy atom. The molecule has 0 N–H and O–H groups in total. The topological polar surface area (TPSA) is 29.4 Å². The molecule has 0 aliphatic carbocycles. The van der Waals surface area contributed by atoms with Gasteiger partial charge >= 0.3 is 0 Å². The standard InChI is InChI=1S/C10H6ClNOS/c11-9-6-8(2-1-5-13)3-4-10(9)12-7-14/h1-6H. The third-order valence-corrected chi connectivity index (χ3v) is 1.90. The fourth-order valence-electron chi connectivity index (χ4n) is 0.917. The highest BCUT2D eigenvalue weighted by Crippen LogP contribution is 2.25. The lowest BCUT2D eigenvalue weighted by Gasteiger charge is -1.97. The predicted octanol–water partition coefficient (Wildman–Crippen LogP) is 3.29. The quantitative estimate of drug-likeness (QED) is 0.341. The number of carbonyl (C=O) groups is 1. The zero-order chi connectivity index (χ0) is 10.4. The second-order valence-corrected chi connectivity index (χ2v) is 3.00. The van der Waals surface area contributed by atoms with Gasteiger partial charge in [0, 0.05) is 0 Å². The van der Waals surface area contributed by atoms with Gasteiger partial charge in [-0.1, -0.05) is 23.7 Å². The summed E-state index contributed by atoms with van der Waals surface area (Å²) in [7, 11) is 0. The maximum absolute atomic E-state index is 10.1. The van der Waals surface area contributed by atoms with Crippen molar-refractivity contribution in [3.05, 3.63) is 34.9 Å². The molecule has 1 aromatic carbocycles. The highest BCUT2D eigenvalue weighted by atomic mass is 35.5. The predicted molar refractivity (Wildman–Crippen MR) is 61.2 cm³/mol. The van der Waals surface area contributed by atoms with E-state index in [2.05, 4.69) is 22.4 Å². The van der Waals surface area contributed by atoms with Crippen molar-refractivity contribution in [3.63, 3.8) is 0 Å². The smallest absolute Gasteiger partial charge is 0.142 e. The minimum Gasteiger partial charge on any atom is -0.299 e. The van der Waals surface area contributed by atoms with Crippen molar-refractivity contribution in [2.75, 3.05) is 0 Å². The van der Waals surface area contributed by atoms with E-state index in [0.29, 0.717) is 17.0 Å². The van der Waals surface area contributed by atoms with E-state index in [9.17, 15) is 4.79 Å². The first-order valence-corrected chi connectivity index (χ1v) is 4.56. The number of aldehydes is 1. The second-order valence-electron chi connectivity index (χ2n) is 2.41. The van der Waals surface area contributed by atoms with Crippen LogP contribution in [0.2, 0.25) is 5.02 Å². The molecule has 4 heteroatoms.